The van der Waals surface area contributed by atoms with E-state index >= 15 is 0 Å². The maximum Gasteiger partial charge on any atom is 0.255 e. The van der Waals surface area contributed by atoms with Crippen molar-refractivity contribution in [1.82, 2.24) is 15.5 Å². The lowest BCUT2D eigenvalue weighted by molar-refractivity contribution is 0.0249. The normalized spacial score (nSPS) is 24.8. The molecule has 2 saturated heterocycles. The Labute approximate surface area is 148 Å². The first-order valence-corrected chi connectivity index (χ1v) is 9.27. The van der Waals surface area contributed by atoms with Crippen molar-refractivity contribution in [3.63, 3.8) is 0 Å². The summed E-state index contributed by atoms with van der Waals surface area (Å²) in [6.07, 6.45) is 4.56. The lowest BCUT2D eigenvalue weighted by atomic mass is 10.0. The van der Waals surface area contributed by atoms with E-state index in [1.165, 1.54) is 18.5 Å². The highest BCUT2D eigenvalue weighted by Gasteiger charge is 2.31. The molecule has 0 aliphatic carbocycles. The predicted molar refractivity (Wildman–Crippen MR) is 95.6 cm³/mol. The number of aryl methyl sites for hydroxylation is 1. The number of hydrogen-bond acceptors (Lipinski definition) is 6. The van der Waals surface area contributed by atoms with E-state index in [9.17, 15) is 0 Å². The van der Waals surface area contributed by atoms with Crippen LogP contribution in [0.5, 0.6) is 0 Å². The summed E-state index contributed by atoms with van der Waals surface area (Å²) >= 11 is 0. The average molecular weight is 342 g/mol. The Kier molecular flexibility index (Phi) is 4.99. The van der Waals surface area contributed by atoms with Crippen molar-refractivity contribution in [3.05, 3.63) is 42.0 Å². The fourth-order valence-corrected chi connectivity index (χ4v) is 3.76. The van der Waals surface area contributed by atoms with Gasteiger partial charge in [-0.05, 0) is 44.7 Å². The van der Waals surface area contributed by atoms with Gasteiger partial charge in [-0.25, -0.2) is 0 Å². The molecule has 134 valence electrons. The molecule has 2 aliphatic rings. The molecule has 3 heterocycles. The fourth-order valence-electron chi connectivity index (χ4n) is 3.76. The van der Waals surface area contributed by atoms with Crippen LogP contribution >= 0.6 is 0 Å². The number of nitrogens with zero attached hydrogens (tertiary/aromatic N) is 3. The maximum absolute atomic E-state index is 6.07. The van der Waals surface area contributed by atoms with Crippen molar-refractivity contribution in [3.8, 4) is 0 Å². The quantitative estimate of drug-likeness (QED) is 0.901. The van der Waals surface area contributed by atoms with Gasteiger partial charge in [-0.3, -0.25) is 0 Å². The summed E-state index contributed by atoms with van der Waals surface area (Å²) in [4.78, 5) is 6.76. The van der Waals surface area contributed by atoms with E-state index in [1.54, 1.807) is 0 Å². The molecular weight excluding hydrogens is 316 g/mol. The summed E-state index contributed by atoms with van der Waals surface area (Å²) in [6.45, 7) is 4.95. The third kappa shape index (κ3) is 4.02. The molecule has 0 bridgehead atoms. The summed E-state index contributed by atoms with van der Waals surface area (Å²) in [6, 6.07) is 11.3. The number of hydrogen-bond donors (Lipinski definition) is 1. The molecule has 1 N–H and O–H groups in total. The highest BCUT2D eigenvalue weighted by atomic mass is 16.5. The van der Waals surface area contributed by atoms with E-state index in [1.807, 2.05) is 6.92 Å². The summed E-state index contributed by atoms with van der Waals surface area (Å²) in [5, 5.41) is 7.55. The maximum atomic E-state index is 6.07. The molecule has 1 aromatic carbocycles. The van der Waals surface area contributed by atoms with Crippen molar-refractivity contribution < 1.29 is 9.26 Å². The van der Waals surface area contributed by atoms with E-state index in [0.29, 0.717) is 17.8 Å². The minimum atomic E-state index is -0.0343. The molecule has 0 amide bonds. The number of nitrogens with one attached hydrogen (secondary N) is 1. The van der Waals surface area contributed by atoms with Crippen LogP contribution in [0.2, 0.25) is 0 Å². The molecule has 4 rings (SSSR count). The van der Waals surface area contributed by atoms with Crippen LogP contribution in [0.3, 0.4) is 0 Å². The molecule has 0 saturated carbocycles. The van der Waals surface area contributed by atoms with Crippen LogP contribution in [-0.4, -0.2) is 41.9 Å². The van der Waals surface area contributed by atoms with Gasteiger partial charge in [-0.2, -0.15) is 4.98 Å². The van der Waals surface area contributed by atoms with Gasteiger partial charge in [-0.1, -0.05) is 23.4 Å². The Hall–Kier alpha value is -1.92. The summed E-state index contributed by atoms with van der Waals surface area (Å²) in [5.74, 6) is 1.29. The summed E-state index contributed by atoms with van der Waals surface area (Å²) < 4.78 is 11.3. The lowest BCUT2D eigenvalue weighted by Gasteiger charge is -2.34. The van der Waals surface area contributed by atoms with Crippen LogP contribution in [-0.2, 0) is 4.74 Å². The first kappa shape index (κ1) is 16.5. The Morgan fingerprint density at radius 2 is 1.92 bits per heavy atom. The van der Waals surface area contributed by atoms with Gasteiger partial charge >= 0.3 is 0 Å². The minimum absolute atomic E-state index is 0.0343. The van der Waals surface area contributed by atoms with E-state index in [-0.39, 0.29) is 12.2 Å². The molecule has 0 spiro atoms. The molecule has 2 fully saturated rings. The largest absolute Gasteiger partial charge is 0.371 e. The van der Waals surface area contributed by atoms with Crippen LogP contribution in [0.1, 0.15) is 43.5 Å². The van der Waals surface area contributed by atoms with Crippen LogP contribution in [0.15, 0.2) is 34.9 Å². The van der Waals surface area contributed by atoms with Gasteiger partial charge in [0.05, 0.1) is 6.10 Å². The Morgan fingerprint density at radius 3 is 2.64 bits per heavy atom. The van der Waals surface area contributed by atoms with Crippen LogP contribution in [0.25, 0.3) is 0 Å². The average Bonchev–Trinajstić information content (AvgIpc) is 3.30. The van der Waals surface area contributed by atoms with Gasteiger partial charge < -0.3 is 19.5 Å². The second-order valence-electron chi connectivity index (χ2n) is 7.01. The molecule has 0 radical (unpaired) electrons. The van der Waals surface area contributed by atoms with Gasteiger partial charge in [0.25, 0.3) is 5.89 Å². The number of benzene rings is 1. The first-order chi connectivity index (χ1) is 12.3. The number of ether oxygens (including phenoxy) is 1. The van der Waals surface area contributed by atoms with E-state index < -0.39 is 0 Å². The lowest BCUT2D eigenvalue weighted by Crippen LogP contribution is -2.44. The summed E-state index contributed by atoms with van der Waals surface area (Å²) in [5.41, 5.74) is 1.33. The number of piperidine rings is 1. The molecule has 2 aromatic rings. The van der Waals surface area contributed by atoms with Crippen molar-refractivity contribution >= 4 is 5.69 Å². The highest BCUT2D eigenvalue weighted by Crippen LogP contribution is 2.31. The molecule has 1 aromatic heterocycles. The Bertz CT molecular complexity index is 667. The third-order valence-corrected chi connectivity index (χ3v) is 5.18. The van der Waals surface area contributed by atoms with E-state index in [4.69, 9.17) is 9.26 Å². The van der Waals surface area contributed by atoms with Crippen LogP contribution in [0.4, 0.5) is 5.69 Å². The standard InChI is InChI=1S/C19H26N4O2/c1-14-21-19(25-22-14)18-8-7-17(24-18)13-20-15-9-11-23(12-10-15)16-5-3-2-4-6-16/h2-6,15,17-18,20H,7-13H2,1H3/t17-,18+/m1/s1. The van der Waals surface area contributed by atoms with Crippen molar-refractivity contribution in [1.29, 1.82) is 0 Å². The van der Waals surface area contributed by atoms with Gasteiger partial charge in [-0.15, -0.1) is 0 Å². The third-order valence-electron chi connectivity index (χ3n) is 5.18. The molecular formula is C19H26N4O2. The van der Waals surface area contributed by atoms with Gasteiger partial charge in [0.1, 0.15) is 6.10 Å². The second kappa shape index (κ2) is 7.54. The monoisotopic (exact) mass is 342 g/mol. The Morgan fingerprint density at radius 1 is 1.12 bits per heavy atom. The molecule has 0 unspecified atom stereocenters. The van der Waals surface area contributed by atoms with E-state index in [0.717, 1.165) is 32.5 Å². The van der Waals surface area contributed by atoms with Crippen molar-refractivity contribution in [2.45, 2.75) is 50.9 Å². The zero-order valence-corrected chi connectivity index (χ0v) is 14.7. The SMILES string of the molecule is Cc1noc([C@@H]2CC[C@H](CNC3CCN(c4ccccc4)CC3)O2)n1. The molecule has 2 atom stereocenters. The molecule has 6 nitrogen and oxygen atoms in total. The molecule has 25 heavy (non-hydrogen) atoms. The minimum Gasteiger partial charge on any atom is -0.371 e. The zero-order chi connectivity index (χ0) is 17.1. The smallest absolute Gasteiger partial charge is 0.255 e. The number of para-hydroxylation sites is 1. The van der Waals surface area contributed by atoms with Gasteiger partial charge in [0.15, 0.2) is 5.82 Å². The van der Waals surface area contributed by atoms with Gasteiger partial charge in [0, 0.05) is 31.4 Å². The topological polar surface area (TPSA) is 63.4 Å². The molecule has 2 aliphatic heterocycles. The van der Waals surface area contributed by atoms with Crippen LogP contribution in [0, 0.1) is 6.92 Å². The molecule has 6 heteroatoms. The van der Waals surface area contributed by atoms with Crippen LogP contribution < -0.4 is 10.2 Å². The Balaban J connectivity index is 1.20. The highest BCUT2D eigenvalue weighted by molar-refractivity contribution is 5.46. The fraction of sp³-hybridized carbons (Fsp3) is 0.579. The number of anilines is 1. The van der Waals surface area contributed by atoms with Gasteiger partial charge in [0.2, 0.25) is 0 Å². The number of rotatable bonds is 5. The number of aromatic nitrogens is 2. The van der Waals surface area contributed by atoms with Crippen molar-refractivity contribution in [2.24, 2.45) is 0 Å². The summed E-state index contributed by atoms with van der Waals surface area (Å²) in [7, 11) is 0. The predicted octanol–water partition coefficient (Wildman–Crippen LogP) is 2.86. The van der Waals surface area contributed by atoms with E-state index in [2.05, 4.69) is 50.7 Å². The van der Waals surface area contributed by atoms with Crippen molar-refractivity contribution in [2.75, 3.05) is 24.5 Å². The first-order valence-electron chi connectivity index (χ1n) is 9.27. The zero-order valence-electron chi connectivity index (χ0n) is 14.7. The second-order valence-corrected chi connectivity index (χ2v) is 7.01.